The fourth-order valence-electron chi connectivity index (χ4n) is 3.86. The molecule has 2 heterocycles. The second-order valence-corrected chi connectivity index (χ2v) is 7.55. The van der Waals surface area contributed by atoms with E-state index in [1.54, 1.807) is 18.2 Å². The van der Waals surface area contributed by atoms with Crippen LogP contribution in [0, 0.1) is 13.8 Å². The van der Waals surface area contributed by atoms with E-state index in [9.17, 15) is 9.59 Å². The number of amides is 1. The first kappa shape index (κ1) is 22.7. The van der Waals surface area contributed by atoms with Crippen LogP contribution in [0.3, 0.4) is 0 Å². The second-order valence-electron chi connectivity index (χ2n) is 7.55. The molecule has 0 saturated carbocycles. The predicted octanol–water partition coefficient (Wildman–Crippen LogP) is 2.95. The van der Waals surface area contributed by atoms with E-state index in [4.69, 9.17) is 18.6 Å². The van der Waals surface area contributed by atoms with Crippen LogP contribution in [0.4, 0.5) is 0 Å². The highest BCUT2D eigenvalue weighted by Gasteiger charge is 2.25. The summed E-state index contributed by atoms with van der Waals surface area (Å²) >= 11 is 0. The third kappa shape index (κ3) is 5.02. The lowest BCUT2D eigenvalue weighted by Gasteiger charge is -2.34. The van der Waals surface area contributed by atoms with Crippen molar-refractivity contribution >= 4 is 11.7 Å². The molecule has 1 aliphatic heterocycles. The number of carbonyl (C=O) groups excluding carboxylic acids is 2. The van der Waals surface area contributed by atoms with Crippen molar-refractivity contribution in [1.29, 1.82) is 0 Å². The van der Waals surface area contributed by atoms with Gasteiger partial charge in [0.1, 0.15) is 11.5 Å². The van der Waals surface area contributed by atoms with Crippen LogP contribution >= 0.6 is 0 Å². The normalized spacial score (nSPS) is 14.4. The van der Waals surface area contributed by atoms with Crippen LogP contribution in [-0.4, -0.2) is 75.5 Å². The third-order valence-corrected chi connectivity index (χ3v) is 5.57. The summed E-state index contributed by atoms with van der Waals surface area (Å²) in [4.78, 5) is 29.5. The van der Waals surface area contributed by atoms with E-state index >= 15 is 0 Å². The quantitative estimate of drug-likeness (QED) is 0.596. The monoisotopic (exact) mass is 430 g/mol. The van der Waals surface area contributed by atoms with Crippen molar-refractivity contribution in [2.24, 2.45) is 0 Å². The van der Waals surface area contributed by atoms with Crippen LogP contribution in [-0.2, 0) is 0 Å². The molecule has 0 radical (unpaired) electrons. The highest BCUT2D eigenvalue weighted by Crippen LogP contribution is 2.38. The molecule has 1 saturated heterocycles. The molecule has 168 valence electrons. The van der Waals surface area contributed by atoms with Crippen molar-refractivity contribution in [2.75, 3.05) is 54.1 Å². The van der Waals surface area contributed by atoms with Crippen LogP contribution in [0.2, 0.25) is 0 Å². The summed E-state index contributed by atoms with van der Waals surface area (Å²) in [5, 5.41) is 0. The van der Waals surface area contributed by atoms with Gasteiger partial charge in [-0.25, -0.2) is 0 Å². The Bertz CT molecular complexity index is 919. The maximum absolute atomic E-state index is 13.0. The summed E-state index contributed by atoms with van der Waals surface area (Å²) in [6, 6.07) is 5.14. The van der Waals surface area contributed by atoms with E-state index in [2.05, 4.69) is 4.90 Å². The first-order chi connectivity index (χ1) is 14.9. The maximum Gasteiger partial charge on any atom is 0.254 e. The summed E-state index contributed by atoms with van der Waals surface area (Å²) in [7, 11) is 4.58. The second kappa shape index (κ2) is 9.87. The molecule has 0 N–H and O–H groups in total. The number of nitrogens with zero attached hydrogens (tertiary/aromatic N) is 2. The number of benzene rings is 1. The minimum atomic E-state index is -0.0838. The van der Waals surface area contributed by atoms with Gasteiger partial charge in [-0.15, -0.1) is 0 Å². The van der Waals surface area contributed by atoms with Gasteiger partial charge >= 0.3 is 0 Å². The zero-order chi connectivity index (χ0) is 22.5. The minimum absolute atomic E-state index is 0.0838. The molecule has 1 aliphatic rings. The molecule has 0 spiro atoms. The zero-order valence-corrected chi connectivity index (χ0v) is 18.8. The van der Waals surface area contributed by atoms with Gasteiger partial charge < -0.3 is 23.5 Å². The molecule has 1 amide bonds. The Kier molecular flexibility index (Phi) is 7.22. The number of ether oxygens (including phenoxy) is 3. The molecule has 3 rings (SSSR count). The molecule has 0 unspecified atom stereocenters. The Balaban J connectivity index is 1.57. The number of aryl methyl sites for hydroxylation is 2. The van der Waals surface area contributed by atoms with Gasteiger partial charge in [-0.05, 0) is 32.0 Å². The number of Topliss-reactive ketones (excluding diaryl/α,β-unsaturated/α-hetero) is 1. The van der Waals surface area contributed by atoms with Gasteiger partial charge in [0.2, 0.25) is 5.75 Å². The molecule has 1 aromatic heterocycles. The lowest BCUT2D eigenvalue weighted by atomic mass is 10.1. The Morgan fingerprint density at radius 3 is 2.03 bits per heavy atom. The molecule has 2 aromatic rings. The molecule has 8 heteroatoms. The lowest BCUT2D eigenvalue weighted by Crippen LogP contribution is -2.49. The number of hydrogen-bond donors (Lipinski definition) is 0. The fourth-order valence-corrected chi connectivity index (χ4v) is 3.86. The van der Waals surface area contributed by atoms with E-state index < -0.39 is 0 Å². The number of furan rings is 1. The summed E-state index contributed by atoms with van der Waals surface area (Å²) in [6.07, 6.45) is 0.431. The van der Waals surface area contributed by atoms with Gasteiger partial charge in [-0.3, -0.25) is 14.5 Å². The van der Waals surface area contributed by atoms with Gasteiger partial charge in [0.05, 0.1) is 26.9 Å². The van der Waals surface area contributed by atoms with Gasteiger partial charge in [0.25, 0.3) is 5.91 Å². The highest BCUT2D eigenvalue weighted by molar-refractivity contribution is 5.97. The smallest absolute Gasteiger partial charge is 0.254 e. The topological polar surface area (TPSA) is 81.5 Å². The number of hydrogen-bond acceptors (Lipinski definition) is 7. The Morgan fingerprint density at radius 2 is 1.55 bits per heavy atom. The molecule has 0 atom stereocenters. The number of rotatable bonds is 8. The number of ketones is 1. The lowest BCUT2D eigenvalue weighted by molar-refractivity contribution is 0.0627. The average Bonchev–Trinajstić information content (AvgIpc) is 3.14. The number of piperazine rings is 1. The Labute approximate surface area is 182 Å². The van der Waals surface area contributed by atoms with Crippen molar-refractivity contribution in [3.63, 3.8) is 0 Å². The molecule has 0 bridgehead atoms. The molecule has 1 fully saturated rings. The van der Waals surface area contributed by atoms with Gasteiger partial charge in [-0.2, -0.15) is 0 Å². The van der Waals surface area contributed by atoms with Crippen molar-refractivity contribution in [3.05, 3.63) is 40.8 Å². The van der Waals surface area contributed by atoms with Crippen LogP contribution in [0.1, 0.15) is 38.7 Å². The van der Waals surface area contributed by atoms with Crippen LogP contribution in [0.25, 0.3) is 0 Å². The number of carbonyl (C=O) groups is 2. The van der Waals surface area contributed by atoms with E-state index in [1.807, 2.05) is 18.7 Å². The van der Waals surface area contributed by atoms with Crippen molar-refractivity contribution in [1.82, 2.24) is 9.80 Å². The first-order valence-corrected chi connectivity index (χ1v) is 10.3. The first-order valence-electron chi connectivity index (χ1n) is 10.3. The van der Waals surface area contributed by atoms with E-state index in [0.29, 0.717) is 73.3 Å². The maximum atomic E-state index is 13.0. The summed E-state index contributed by atoms with van der Waals surface area (Å²) in [6.45, 7) is 6.93. The van der Waals surface area contributed by atoms with Gasteiger partial charge in [0.15, 0.2) is 17.3 Å². The van der Waals surface area contributed by atoms with E-state index in [-0.39, 0.29) is 11.7 Å². The molecular weight excluding hydrogens is 400 g/mol. The molecule has 31 heavy (non-hydrogen) atoms. The molecule has 0 aliphatic carbocycles. The standard InChI is InChI=1S/C23H30N2O6/c1-15-12-18(16(2)31-15)19(26)6-7-24-8-10-25(11-9-24)23(27)17-13-20(28-3)22(30-5)21(14-17)29-4/h12-14H,6-11H2,1-5H3. The molecule has 1 aromatic carbocycles. The number of methoxy groups -OCH3 is 3. The predicted molar refractivity (Wildman–Crippen MR) is 116 cm³/mol. The van der Waals surface area contributed by atoms with Crippen LogP contribution < -0.4 is 14.2 Å². The van der Waals surface area contributed by atoms with E-state index in [0.717, 1.165) is 5.76 Å². The third-order valence-electron chi connectivity index (χ3n) is 5.57. The molecule has 8 nitrogen and oxygen atoms in total. The average molecular weight is 431 g/mol. The SMILES string of the molecule is COc1cc(C(=O)N2CCN(CCC(=O)c3cc(C)oc3C)CC2)cc(OC)c1OC. The van der Waals surface area contributed by atoms with Gasteiger partial charge in [0, 0.05) is 44.7 Å². The highest BCUT2D eigenvalue weighted by atomic mass is 16.5. The summed E-state index contributed by atoms with van der Waals surface area (Å²) in [5.74, 6) is 2.78. The van der Waals surface area contributed by atoms with Crippen LogP contribution in [0.5, 0.6) is 17.2 Å². The minimum Gasteiger partial charge on any atom is -0.493 e. The fraction of sp³-hybridized carbons (Fsp3) is 0.478. The van der Waals surface area contributed by atoms with E-state index in [1.165, 1.54) is 21.3 Å². The van der Waals surface area contributed by atoms with Crippen LogP contribution in [0.15, 0.2) is 22.6 Å². The Hall–Kier alpha value is -3.00. The zero-order valence-electron chi connectivity index (χ0n) is 18.8. The van der Waals surface area contributed by atoms with Crippen molar-refractivity contribution in [3.8, 4) is 17.2 Å². The van der Waals surface area contributed by atoms with Crippen molar-refractivity contribution in [2.45, 2.75) is 20.3 Å². The summed E-state index contributed by atoms with van der Waals surface area (Å²) in [5.41, 5.74) is 1.15. The summed E-state index contributed by atoms with van der Waals surface area (Å²) < 4.78 is 21.5. The van der Waals surface area contributed by atoms with Crippen molar-refractivity contribution < 1.29 is 28.2 Å². The molecular formula is C23H30N2O6. The van der Waals surface area contributed by atoms with Gasteiger partial charge in [-0.1, -0.05) is 0 Å². The Morgan fingerprint density at radius 1 is 0.935 bits per heavy atom. The largest absolute Gasteiger partial charge is 0.493 e.